The Morgan fingerprint density at radius 2 is 1.73 bits per heavy atom. The molecular formula is C25H27N5O3. The monoisotopic (exact) mass is 445 g/mol. The fourth-order valence-corrected chi connectivity index (χ4v) is 4.15. The molecule has 0 bridgehead atoms. The molecule has 0 aliphatic rings. The third kappa shape index (κ3) is 4.37. The minimum absolute atomic E-state index is 0.00427. The van der Waals surface area contributed by atoms with Gasteiger partial charge < -0.3 is 14.0 Å². The highest BCUT2D eigenvalue weighted by Crippen LogP contribution is 2.31. The summed E-state index contributed by atoms with van der Waals surface area (Å²) in [4.78, 5) is 14.4. The van der Waals surface area contributed by atoms with E-state index >= 15 is 0 Å². The summed E-state index contributed by atoms with van der Waals surface area (Å²) in [7, 11) is 3.15. The second kappa shape index (κ2) is 9.28. The molecule has 0 aliphatic carbocycles. The summed E-state index contributed by atoms with van der Waals surface area (Å²) in [6.07, 6.45) is 0. The molecule has 4 aromatic rings. The fourth-order valence-electron chi connectivity index (χ4n) is 4.15. The molecular weight excluding hydrogens is 418 g/mol. The van der Waals surface area contributed by atoms with Gasteiger partial charge in [-0.25, -0.2) is 0 Å². The van der Waals surface area contributed by atoms with Gasteiger partial charge >= 0.3 is 0 Å². The first-order valence-electron chi connectivity index (χ1n) is 10.7. The van der Waals surface area contributed by atoms with Crippen molar-refractivity contribution in [1.82, 2.24) is 24.8 Å². The van der Waals surface area contributed by atoms with Crippen molar-refractivity contribution in [2.24, 2.45) is 0 Å². The van der Waals surface area contributed by atoms with Gasteiger partial charge in [0.2, 0.25) is 5.82 Å². The van der Waals surface area contributed by atoms with Crippen molar-refractivity contribution < 1.29 is 14.3 Å². The lowest BCUT2D eigenvalue weighted by molar-refractivity contribution is 0.0960. The number of tetrazole rings is 1. The van der Waals surface area contributed by atoms with E-state index in [1.54, 1.807) is 26.4 Å². The van der Waals surface area contributed by atoms with Crippen LogP contribution in [0.1, 0.15) is 40.3 Å². The lowest BCUT2D eigenvalue weighted by Crippen LogP contribution is -2.15. The lowest BCUT2D eigenvalue weighted by atomic mass is 10.1. The average Bonchev–Trinajstić information content (AvgIpc) is 3.42. The highest BCUT2D eigenvalue weighted by molar-refractivity contribution is 5.97. The first-order valence-corrected chi connectivity index (χ1v) is 10.7. The van der Waals surface area contributed by atoms with Crippen molar-refractivity contribution in [1.29, 1.82) is 0 Å². The number of carbonyl (C=O) groups is 1. The quantitative estimate of drug-likeness (QED) is 0.377. The van der Waals surface area contributed by atoms with E-state index in [1.807, 2.05) is 44.2 Å². The van der Waals surface area contributed by atoms with Crippen LogP contribution in [0.4, 0.5) is 0 Å². The number of methoxy groups -OCH3 is 2. The van der Waals surface area contributed by atoms with Gasteiger partial charge in [-0.05, 0) is 55.8 Å². The highest BCUT2D eigenvalue weighted by Gasteiger charge is 2.21. The molecule has 2 heterocycles. The summed E-state index contributed by atoms with van der Waals surface area (Å²) in [5, 5.41) is 12.6. The van der Waals surface area contributed by atoms with Crippen LogP contribution in [0.2, 0.25) is 0 Å². The Kier molecular flexibility index (Phi) is 6.26. The number of nitrogens with zero attached hydrogens (tertiary/aromatic N) is 5. The zero-order valence-electron chi connectivity index (χ0n) is 19.4. The lowest BCUT2D eigenvalue weighted by Gasteiger charge is -2.19. The van der Waals surface area contributed by atoms with Gasteiger partial charge in [-0.3, -0.25) is 4.79 Å². The summed E-state index contributed by atoms with van der Waals surface area (Å²) >= 11 is 0. The molecule has 0 N–H and O–H groups in total. The minimum Gasteiger partial charge on any atom is -0.493 e. The molecule has 0 spiro atoms. The van der Waals surface area contributed by atoms with Gasteiger partial charge in [0.05, 0.1) is 20.3 Å². The Hall–Kier alpha value is -3.94. The minimum atomic E-state index is -0.0640. The van der Waals surface area contributed by atoms with Crippen LogP contribution >= 0.6 is 0 Å². The Labute approximate surface area is 192 Å². The van der Waals surface area contributed by atoms with Crippen LogP contribution in [-0.4, -0.2) is 44.8 Å². The Balaban J connectivity index is 1.55. The van der Waals surface area contributed by atoms with Gasteiger partial charge in [0.25, 0.3) is 0 Å². The van der Waals surface area contributed by atoms with Crippen molar-refractivity contribution in [2.75, 3.05) is 14.2 Å². The molecule has 0 saturated carbocycles. The van der Waals surface area contributed by atoms with Crippen molar-refractivity contribution in [3.63, 3.8) is 0 Å². The predicted molar refractivity (Wildman–Crippen MR) is 125 cm³/mol. The van der Waals surface area contributed by atoms with Gasteiger partial charge in [0.15, 0.2) is 17.3 Å². The zero-order valence-corrected chi connectivity index (χ0v) is 19.4. The smallest absolute Gasteiger partial charge is 0.205 e. The fraction of sp³-hybridized carbons (Fsp3) is 0.280. The molecule has 8 nitrogen and oxygen atoms in total. The third-order valence-corrected chi connectivity index (χ3v) is 5.83. The number of aromatic nitrogens is 5. The number of ketones is 1. The van der Waals surface area contributed by atoms with Crippen LogP contribution in [0.5, 0.6) is 11.5 Å². The largest absolute Gasteiger partial charge is 0.493 e. The molecule has 2 aromatic carbocycles. The van der Waals surface area contributed by atoms with Crippen molar-refractivity contribution in [3.05, 3.63) is 77.1 Å². The number of benzene rings is 2. The van der Waals surface area contributed by atoms with E-state index in [4.69, 9.17) is 9.47 Å². The molecule has 0 radical (unpaired) electrons. The van der Waals surface area contributed by atoms with Crippen molar-refractivity contribution in [2.45, 2.75) is 33.4 Å². The first kappa shape index (κ1) is 22.3. The van der Waals surface area contributed by atoms with Gasteiger partial charge in [0, 0.05) is 22.5 Å². The number of ether oxygens (including phenoxy) is 2. The molecule has 0 aliphatic heterocycles. The van der Waals surface area contributed by atoms with E-state index < -0.39 is 0 Å². The Morgan fingerprint density at radius 1 is 1.00 bits per heavy atom. The topological polar surface area (TPSA) is 84.1 Å². The number of Topliss-reactive ketones (excluding diaryl/α,β-unsaturated/α-hetero) is 1. The zero-order chi connectivity index (χ0) is 23.5. The van der Waals surface area contributed by atoms with Gasteiger partial charge in [-0.1, -0.05) is 30.3 Å². The molecule has 4 rings (SSSR count). The number of hydrogen-bond acceptors (Lipinski definition) is 6. The second-order valence-electron chi connectivity index (χ2n) is 7.88. The number of aryl methyl sites for hydroxylation is 1. The summed E-state index contributed by atoms with van der Waals surface area (Å²) in [6.45, 7) is 6.14. The molecule has 0 saturated heterocycles. The SMILES string of the molecule is COc1ccc(-c2nnn(CC(=O)c3cc(C)n([C@@H](C)c4ccccc4)c3C)n2)cc1OC. The summed E-state index contributed by atoms with van der Waals surface area (Å²) < 4.78 is 12.8. The molecule has 2 aromatic heterocycles. The maximum Gasteiger partial charge on any atom is 0.205 e. The molecule has 170 valence electrons. The van der Waals surface area contributed by atoms with Crippen molar-refractivity contribution >= 4 is 5.78 Å². The van der Waals surface area contributed by atoms with Gasteiger partial charge in [-0.15, -0.1) is 10.2 Å². The van der Waals surface area contributed by atoms with Gasteiger partial charge in [-0.2, -0.15) is 4.80 Å². The van der Waals surface area contributed by atoms with Crippen LogP contribution in [-0.2, 0) is 6.54 Å². The summed E-state index contributed by atoms with van der Waals surface area (Å²) in [6, 6.07) is 17.7. The van der Waals surface area contributed by atoms with E-state index in [2.05, 4.69) is 39.0 Å². The van der Waals surface area contributed by atoms with Crippen LogP contribution in [0.25, 0.3) is 11.4 Å². The van der Waals surface area contributed by atoms with E-state index in [0.717, 1.165) is 17.0 Å². The average molecular weight is 446 g/mol. The number of rotatable bonds is 8. The standard InChI is InChI=1S/C25H27N5O3/c1-16-13-21(18(3)30(16)17(2)19-9-7-6-8-10-19)22(31)15-29-27-25(26-28-29)20-11-12-23(32-4)24(14-20)33-5/h6-14,17H,15H2,1-5H3/t17-/m0/s1. The Bertz CT molecular complexity index is 1280. The van der Waals surface area contributed by atoms with E-state index in [1.165, 1.54) is 10.4 Å². The molecule has 1 atom stereocenters. The van der Waals surface area contributed by atoms with Crippen LogP contribution in [0.15, 0.2) is 54.6 Å². The molecule has 0 fully saturated rings. The maximum atomic E-state index is 13.1. The highest BCUT2D eigenvalue weighted by atomic mass is 16.5. The Morgan fingerprint density at radius 3 is 2.42 bits per heavy atom. The summed E-state index contributed by atoms with van der Waals surface area (Å²) in [5.41, 5.74) is 4.54. The predicted octanol–water partition coefficient (Wildman–Crippen LogP) is 4.27. The molecule has 0 unspecified atom stereocenters. The number of hydrogen-bond donors (Lipinski definition) is 0. The van der Waals surface area contributed by atoms with E-state index in [0.29, 0.717) is 22.9 Å². The third-order valence-electron chi connectivity index (χ3n) is 5.83. The van der Waals surface area contributed by atoms with E-state index in [9.17, 15) is 4.79 Å². The van der Waals surface area contributed by atoms with Crippen molar-refractivity contribution in [3.8, 4) is 22.9 Å². The second-order valence-corrected chi connectivity index (χ2v) is 7.88. The van der Waals surface area contributed by atoms with Crippen LogP contribution < -0.4 is 9.47 Å². The molecule has 0 amide bonds. The molecule has 8 heteroatoms. The van der Waals surface area contributed by atoms with Gasteiger partial charge in [0.1, 0.15) is 6.54 Å². The summed E-state index contributed by atoms with van der Waals surface area (Å²) in [5.74, 6) is 1.53. The molecule has 33 heavy (non-hydrogen) atoms. The van der Waals surface area contributed by atoms with Crippen LogP contribution in [0, 0.1) is 13.8 Å². The van der Waals surface area contributed by atoms with E-state index in [-0.39, 0.29) is 18.4 Å². The first-order chi connectivity index (χ1) is 15.9. The number of carbonyl (C=O) groups excluding carboxylic acids is 1. The maximum absolute atomic E-state index is 13.1. The normalized spacial score (nSPS) is 11.9. The van der Waals surface area contributed by atoms with Crippen LogP contribution in [0.3, 0.4) is 0 Å².